The highest BCUT2D eigenvalue weighted by Gasteiger charge is 2.45. The minimum absolute atomic E-state index is 0.0197. The van der Waals surface area contributed by atoms with Gasteiger partial charge >= 0.3 is 0 Å². The fraction of sp³-hybridized carbons (Fsp3) is 0.400. The Morgan fingerprint density at radius 2 is 2.03 bits per heavy atom. The van der Waals surface area contributed by atoms with E-state index in [4.69, 9.17) is 21.1 Å². The second-order valence-electron chi connectivity index (χ2n) is 9.02. The van der Waals surface area contributed by atoms with Crippen molar-refractivity contribution in [3.63, 3.8) is 0 Å². The van der Waals surface area contributed by atoms with Gasteiger partial charge in [-0.25, -0.2) is 14.4 Å². The van der Waals surface area contributed by atoms with E-state index in [1.54, 1.807) is 36.3 Å². The Bertz CT molecular complexity index is 1270. The molecule has 1 amide bonds. The summed E-state index contributed by atoms with van der Waals surface area (Å²) in [6, 6.07) is 8.32. The zero-order valence-electron chi connectivity index (χ0n) is 19.6. The molecule has 2 fully saturated rings. The van der Waals surface area contributed by atoms with Crippen LogP contribution in [-0.4, -0.2) is 59.7 Å². The van der Waals surface area contributed by atoms with Gasteiger partial charge in [0.2, 0.25) is 5.91 Å². The number of methoxy groups -OCH3 is 1. The molecule has 8 nitrogen and oxygen atoms in total. The van der Waals surface area contributed by atoms with Gasteiger partial charge in [0.25, 0.3) is 0 Å². The Morgan fingerprint density at radius 1 is 1.23 bits per heavy atom. The number of nitrogens with zero attached hydrogens (tertiary/aromatic N) is 3. The van der Waals surface area contributed by atoms with Crippen LogP contribution in [0, 0.1) is 5.82 Å². The van der Waals surface area contributed by atoms with Gasteiger partial charge in [-0.05, 0) is 43.9 Å². The van der Waals surface area contributed by atoms with Crippen LogP contribution in [0.1, 0.15) is 25.7 Å². The number of anilines is 2. The molecular weight excluding hydrogens is 473 g/mol. The minimum atomic E-state index is -0.557. The summed E-state index contributed by atoms with van der Waals surface area (Å²) in [5, 5.41) is 7.14. The van der Waals surface area contributed by atoms with Gasteiger partial charge in [-0.2, -0.15) is 0 Å². The fourth-order valence-corrected chi connectivity index (χ4v) is 5.10. The molecule has 1 aliphatic carbocycles. The molecule has 1 aliphatic heterocycles. The first kappa shape index (κ1) is 23.6. The number of halogens is 2. The zero-order chi connectivity index (χ0) is 24.6. The number of likely N-dealkylation sites (N-methyl/N-ethyl adjacent to an activating group) is 1. The Morgan fingerprint density at radius 3 is 2.80 bits per heavy atom. The molecular formula is C25H27ClFN5O3. The lowest BCUT2D eigenvalue weighted by atomic mass is 9.78. The predicted octanol–water partition coefficient (Wildman–Crippen LogP) is 4.30. The predicted molar refractivity (Wildman–Crippen MR) is 132 cm³/mol. The number of hydrogen-bond acceptors (Lipinski definition) is 7. The number of piperazine rings is 1. The van der Waals surface area contributed by atoms with Crippen molar-refractivity contribution in [3.05, 3.63) is 47.5 Å². The molecule has 2 aromatic carbocycles. The van der Waals surface area contributed by atoms with E-state index in [9.17, 15) is 9.18 Å². The molecule has 3 aromatic rings. The number of benzene rings is 2. The number of nitrogens with one attached hydrogen (secondary N) is 2. The molecule has 0 bridgehead atoms. The number of aromatic nitrogens is 2. The van der Waals surface area contributed by atoms with E-state index in [-0.39, 0.29) is 22.7 Å². The number of amides is 1. The third-order valence-electron chi connectivity index (χ3n) is 6.87. The first-order valence-electron chi connectivity index (χ1n) is 11.6. The molecule has 2 heterocycles. The van der Waals surface area contributed by atoms with Crippen molar-refractivity contribution in [3.8, 4) is 11.5 Å². The maximum atomic E-state index is 14.5. The van der Waals surface area contributed by atoms with Gasteiger partial charge in [0.15, 0.2) is 17.3 Å². The summed E-state index contributed by atoms with van der Waals surface area (Å²) >= 11 is 5.93. The lowest BCUT2D eigenvalue weighted by Gasteiger charge is -2.45. The van der Waals surface area contributed by atoms with E-state index >= 15 is 0 Å². The molecule has 2 aliphatic rings. The number of rotatable bonds is 5. The lowest BCUT2D eigenvalue weighted by Crippen LogP contribution is -2.64. The van der Waals surface area contributed by atoms with E-state index in [2.05, 4.69) is 20.6 Å². The van der Waals surface area contributed by atoms with Crippen LogP contribution >= 0.6 is 11.6 Å². The van der Waals surface area contributed by atoms with Gasteiger partial charge in [-0.15, -0.1) is 0 Å². The Balaban J connectivity index is 1.40. The number of carbonyl (C=O) groups is 1. The molecule has 2 N–H and O–H groups in total. The molecule has 1 saturated heterocycles. The van der Waals surface area contributed by atoms with Crippen molar-refractivity contribution >= 4 is 39.9 Å². The molecule has 1 saturated carbocycles. The summed E-state index contributed by atoms with van der Waals surface area (Å²) in [6.07, 6.45) is 4.22. The first-order valence-corrected chi connectivity index (χ1v) is 12.0. The van der Waals surface area contributed by atoms with Crippen molar-refractivity contribution in [2.24, 2.45) is 0 Å². The number of fused-ring (bicyclic) bond motifs is 1. The van der Waals surface area contributed by atoms with Crippen LogP contribution in [0.2, 0.25) is 5.02 Å². The van der Waals surface area contributed by atoms with Gasteiger partial charge in [0, 0.05) is 31.6 Å². The summed E-state index contributed by atoms with van der Waals surface area (Å²) in [6.45, 7) is 1.53. The quantitative estimate of drug-likeness (QED) is 0.541. The van der Waals surface area contributed by atoms with Crippen LogP contribution < -0.4 is 20.1 Å². The smallest absolute Gasteiger partial charge is 0.242 e. The maximum absolute atomic E-state index is 14.5. The van der Waals surface area contributed by atoms with Crippen LogP contribution in [0.5, 0.6) is 11.5 Å². The van der Waals surface area contributed by atoms with Gasteiger partial charge < -0.3 is 25.0 Å². The maximum Gasteiger partial charge on any atom is 0.242 e. The van der Waals surface area contributed by atoms with E-state index in [1.165, 1.54) is 12.4 Å². The summed E-state index contributed by atoms with van der Waals surface area (Å²) in [5.74, 6) is 1.12. The molecule has 0 unspecified atom stereocenters. The number of ether oxygens (including phenoxy) is 2. The number of carbonyl (C=O) groups excluding carboxylic acids is 1. The Hall–Kier alpha value is -3.17. The van der Waals surface area contributed by atoms with Crippen molar-refractivity contribution in [1.82, 2.24) is 20.2 Å². The van der Waals surface area contributed by atoms with E-state index in [1.807, 2.05) is 7.05 Å². The SMILES string of the molecule is COc1cc2ncnc(Nc3cccc(Cl)c3F)c2cc1OC1CCC2(CC1)NCCN(C)C2=O. The van der Waals surface area contributed by atoms with Gasteiger partial charge in [0.1, 0.15) is 12.1 Å². The summed E-state index contributed by atoms with van der Waals surface area (Å²) in [5.41, 5.74) is 0.339. The van der Waals surface area contributed by atoms with Crippen LogP contribution in [0.4, 0.5) is 15.9 Å². The largest absolute Gasteiger partial charge is 0.493 e. The first-order chi connectivity index (χ1) is 16.9. The minimum Gasteiger partial charge on any atom is -0.493 e. The molecule has 0 radical (unpaired) electrons. The van der Waals surface area contributed by atoms with Gasteiger partial charge in [-0.3, -0.25) is 4.79 Å². The summed E-state index contributed by atoms with van der Waals surface area (Å²) in [4.78, 5) is 23.2. The summed E-state index contributed by atoms with van der Waals surface area (Å²) < 4.78 is 26.4. The molecule has 5 rings (SSSR count). The third-order valence-corrected chi connectivity index (χ3v) is 7.16. The normalized spacial score (nSPS) is 22.5. The van der Waals surface area contributed by atoms with Crippen LogP contribution in [0.25, 0.3) is 10.9 Å². The zero-order valence-corrected chi connectivity index (χ0v) is 20.4. The average molecular weight is 500 g/mol. The standard InChI is InChI=1S/C25H27ClFN5O3/c1-32-11-10-30-25(24(32)33)8-6-15(7-9-25)35-21-12-16-19(13-20(21)34-2)28-14-29-23(16)31-18-5-3-4-17(26)22(18)27/h3-5,12-15,30H,6-11H2,1-2H3,(H,28,29,31). The monoisotopic (exact) mass is 499 g/mol. The second kappa shape index (κ2) is 9.47. The van der Waals surface area contributed by atoms with E-state index in [0.29, 0.717) is 41.1 Å². The van der Waals surface area contributed by atoms with Crippen LogP contribution in [-0.2, 0) is 4.79 Å². The average Bonchev–Trinajstić information content (AvgIpc) is 2.86. The molecule has 10 heteroatoms. The molecule has 1 spiro atoms. The van der Waals surface area contributed by atoms with E-state index in [0.717, 1.165) is 25.9 Å². The lowest BCUT2D eigenvalue weighted by molar-refractivity contribution is -0.142. The van der Waals surface area contributed by atoms with Crippen molar-refractivity contribution in [2.75, 3.05) is 32.6 Å². The molecule has 1 aromatic heterocycles. The topological polar surface area (TPSA) is 88.6 Å². The van der Waals surface area contributed by atoms with Crippen LogP contribution in [0.15, 0.2) is 36.7 Å². The summed E-state index contributed by atoms with van der Waals surface area (Å²) in [7, 11) is 3.43. The Kier molecular flexibility index (Phi) is 6.37. The Labute approximate surface area is 207 Å². The number of hydrogen-bond donors (Lipinski definition) is 2. The van der Waals surface area contributed by atoms with E-state index < -0.39 is 11.4 Å². The molecule has 35 heavy (non-hydrogen) atoms. The molecule has 0 atom stereocenters. The second-order valence-corrected chi connectivity index (χ2v) is 9.43. The highest BCUT2D eigenvalue weighted by Crippen LogP contribution is 2.39. The highest BCUT2D eigenvalue weighted by molar-refractivity contribution is 6.31. The van der Waals surface area contributed by atoms with Gasteiger partial charge in [-0.1, -0.05) is 17.7 Å². The fourth-order valence-electron chi connectivity index (χ4n) is 4.92. The van der Waals surface area contributed by atoms with Crippen molar-refractivity contribution in [1.29, 1.82) is 0 Å². The van der Waals surface area contributed by atoms with Crippen molar-refractivity contribution in [2.45, 2.75) is 37.3 Å². The van der Waals surface area contributed by atoms with Gasteiger partial charge in [0.05, 0.1) is 35.0 Å². The highest BCUT2D eigenvalue weighted by atomic mass is 35.5. The third kappa shape index (κ3) is 4.46. The van der Waals surface area contributed by atoms with Crippen molar-refractivity contribution < 1.29 is 18.7 Å². The van der Waals surface area contributed by atoms with Crippen LogP contribution in [0.3, 0.4) is 0 Å². The molecule has 184 valence electrons.